The molecule has 0 saturated carbocycles. The highest BCUT2D eigenvalue weighted by molar-refractivity contribution is 6.02. The van der Waals surface area contributed by atoms with Crippen LogP contribution in [0.1, 0.15) is 59.8 Å². The van der Waals surface area contributed by atoms with Crippen LogP contribution in [0.5, 0.6) is 0 Å². The van der Waals surface area contributed by atoms with Crippen molar-refractivity contribution in [2.75, 3.05) is 0 Å². The molecule has 1 rings (SSSR count). The third kappa shape index (κ3) is 5.25. The Morgan fingerprint density at radius 1 is 1.18 bits per heavy atom. The topological polar surface area (TPSA) is 29.4 Å². The fourth-order valence-electron chi connectivity index (χ4n) is 2.43. The first-order valence-corrected chi connectivity index (χ1v) is 8.34. The van der Waals surface area contributed by atoms with E-state index in [-0.39, 0.29) is 5.78 Å². The second-order valence-electron chi connectivity index (χ2n) is 5.95. The van der Waals surface area contributed by atoms with Gasteiger partial charge in [0, 0.05) is 12.6 Å². The summed E-state index contributed by atoms with van der Waals surface area (Å²) in [6, 6.07) is 0. The van der Waals surface area contributed by atoms with Gasteiger partial charge in [-0.05, 0) is 38.8 Å². The van der Waals surface area contributed by atoms with Crippen molar-refractivity contribution >= 4 is 12.0 Å². The molecule has 0 aromatic heterocycles. The number of aliphatic imine (C=N–C) groups is 1. The zero-order valence-electron chi connectivity index (χ0n) is 14.4. The minimum absolute atomic E-state index is 0.255. The maximum Gasteiger partial charge on any atom is 0.147 e. The molecule has 2 heteroatoms. The van der Waals surface area contributed by atoms with Gasteiger partial charge in [0.1, 0.15) is 5.78 Å². The van der Waals surface area contributed by atoms with Crippen molar-refractivity contribution in [3.63, 3.8) is 0 Å². The lowest BCUT2D eigenvalue weighted by Crippen LogP contribution is -2.27. The molecule has 0 aliphatic carbocycles. The highest BCUT2D eigenvalue weighted by Crippen LogP contribution is 2.27. The second kappa shape index (κ2) is 9.34. The zero-order chi connectivity index (χ0) is 16.4. The van der Waals surface area contributed by atoms with Crippen molar-refractivity contribution in [1.29, 1.82) is 0 Å². The lowest BCUT2D eigenvalue weighted by molar-refractivity contribution is -0.123. The molecule has 120 valence electrons. The maximum absolute atomic E-state index is 12.6. The Hall–Kier alpha value is -1.70. The van der Waals surface area contributed by atoms with Crippen LogP contribution in [0.15, 0.2) is 52.7 Å². The summed E-state index contributed by atoms with van der Waals surface area (Å²) >= 11 is 0. The van der Waals surface area contributed by atoms with Gasteiger partial charge in [-0.2, -0.15) is 0 Å². The smallest absolute Gasteiger partial charge is 0.147 e. The van der Waals surface area contributed by atoms with E-state index in [1.54, 1.807) is 6.21 Å². The molecular formula is C20H29NO. The SMILES string of the molecule is C/C=C\C1=C(/C=C\C)N=CC(C)(C(=O)CCCCCC)C=C1. The summed E-state index contributed by atoms with van der Waals surface area (Å²) in [4.78, 5) is 17.1. The number of unbranched alkanes of at least 4 members (excludes halogenated alkanes) is 3. The van der Waals surface area contributed by atoms with Crippen molar-refractivity contribution in [2.24, 2.45) is 10.4 Å². The average Bonchev–Trinajstić information content (AvgIpc) is 2.66. The van der Waals surface area contributed by atoms with Crippen molar-refractivity contribution in [1.82, 2.24) is 0 Å². The number of rotatable bonds is 8. The van der Waals surface area contributed by atoms with Gasteiger partial charge in [-0.3, -0.25) is 9.79 Å². The molecule has 2 nitrogen and oxygen atoms in total. The molecule has 0 aromatic carbocycles. The quantitative estimate of drug-likeness (QED) is 0.538. The molecule has 1 aliphatic heterocycles. The summed E-state index contributed by atoms with van der Waals surface area (Å²) in [7, 11) is 0. The molecule has 1 unspecified atom stereocenters. The lowest BCUT2D eigenvalue weighted by atomic mass is 9.83. The van der Waals surface area contributed by atoms with E-state index < -0.39 is 5.41 Å². The monoisotopic (exact) mass is 299 g/mol. The minimum Gasteiger partial charge on any atom is -0.298 e. The third-order valence-corrected chi connectivity index (χ3v) is 3.91. The zero-order valence-corrected chi connectivity index (χ0v) is 14.4. The standard InChI is InChI=1S/C20H29NO/c1-5-8-9-10-13-19(22)20(4)15-14-17(11-6-2)18(12-7-3)21-16-20/h6-7,11-12,14-16H,5,8-10,13H2,1-4H3/b11-6-,12-7-. The Balaban J connectivity index is 2.89. The Labute approximate surface area is 135 Å². The molecule has 22 heavy (non-hydrogen) atoms. The number of allylic oxidation sites excluding steroid dienone is 7. The molecule has 0 aromatic rings. The van der Waals surface area contributed by atoms with Crippen LogP contribution in [0, 0.1) is 5.41 Å². The number of ketones is 1. The van der Waals surface area contributed by atoms with Crippen LogP contribution in [-0.4, -0.2) is 12.0 Å². The fourth-order valence-corrected chi connectivity index (χ4v) is 2.43. The number of hydrogen-bond acceptors (Lipinski definition) is 2. The van der Waals surface area contributed by atoms with E-state index in [0.29, 0.717) is 6.42 Å². The molecule has 0 amide bonds. The van der Waals surface area contributed by atoms with Crippen LogP contribution in [-0.2, 0) is 4.79 Å². The molecule has 1 aliphatic rings. The Morgan fingerprint density at radius 2 is 1.91 bits per heavy atom. The van der Waals surface area contributed by atoms with E-state index >= 15 is 0 Å². The summed E-state index contributed by atoms with van der Waals surface area (Å²) in [6.45, 7) is 8.10. The molecule has 0 bridgehead atoms. The average molecular weight is 299 g/mol. The van der Waals surface area contributed by atoms with E-state index in [1.165, 1.54) is 12.8 Å². The molecule has 0 radical (unpaired) electrons. The van der Waals surface area contributed by atoms with Gasteiger partial charge < -0.3 is 0 Å². The van der Waals surface area contributed by atoms with E-state index in [0.717, 1.165) is 24.1 Å². The number of carbonyl (C=O) groups is 1. The van der Waals surface area contributed by atoms with Crippen LogP contribution in [0.25, 0.3) is 0 Å². The largest absolute Gasteiger partial charge is 0.298 e. The number of carbonyl (C=O) groups excluding carboxylic acids is 1. The second-order valence-corrected chi connectivity index (χ2v) is 5.95. The number of Topliss-reactive ketones (excluding diaryl/α,β-unsaturated/α-hetero) is 1. The number of nitrogens with zero attached hydrogens (tertiary/aromatic N) is 1. The van der Waals surface area contributed by atoms with Crippen LogP contribution < -0.4 is 0 Å². The summed E-state index contributed by atoms with van der Waals surface area (Å²) in [5.41, 5.74) is 1.35. The molecule has 0 fully saturated rings. The van der Waals surface area contributed by atoms with Crippen LogP contribution >= 0.6 is 0 Å². The van der Waals surface area contributed by atoms with Crippen LogP contribution in [0.3, 0.4) is 0 Å². The first kappa shape index (κ1) is 18.3. The van der Waals surface area contributed by atoms with E-state index in [1.807, 2.05) is 57.2 Å². The van der Waals surface area contributed by atoms with Gasteiger partial charge in [-0.15, -0.1) is 0 Å². The summed E-state index contributed by atoms with van der Waals surface area (Å²) in [5, 5.41) is 0. The molecular weight excluding hydrogens is 270 g/mol. The van der Waals surface area contributed by atoms with E-state index in [2.05, 4.69) is 11.9 Å². The normalized spacial score (nSPS) is 22.0. The van der Waals surface area contributed by atoms with Gasteiger partial charge in [-0.1, -0.05) is 56.6 Å². The van der Waals surface area contributed by atoms with Crippen molar-refractivity contribution in [2.45, 2.75) is 59.8 Å². The summed E-state index contributed by atoms with van der Waals surface area (Å²) in [5.74, 6) is 0.255. The first-order chi connectivity index (χ1) is 10.6. The van der Waals surface area contributed by atoms with Gasteiger partial charge in [0.05, 0.1) is 11.1 Å². The van der Waals surface area contributed by atoms with Crippen LogP contribution in [0.4, 0.5) is 0 Å². The van der Waals surface area contributed by atoms with Crippen molar-refractivity contribution in [3.8, 4) is 0 Å². The van der Waals surface area contributed by atoms with Gasteiger partial charge in [-0.25, -0.2) is 0 Å². The van der Waals surface area contributed by atoms with Gasteiger partial charge in [0.2, 0.25) is 0 Å². The Morgan fingerprint density at radius 3 is 2.55 bits per heavy atom. The fraction of sp³-hybridized carbons (Fsp3) is 0.500. The predicted octanol–water partition coefficient (Wildman–Crippen LogP) is 5.58. The minimum atomic E-state index is -0.595. The Kier molecular flexibility index (Phi) is 7.79. The predicted molar refractivity (Wildman–Crippen MR) is 96.2 cm³/mol. The molecule has 1 heterocycles. The van der Waals surface area contributed by atoms with E-state index in [9.17, 15) is 4.79 Å². The summed E-state index contributed by atoms with van der Waals surface area (Å²) in [6.07, 6.45) is 18.9. The summed E-state index contributed by atoms with van der Waals surface area (Å²) < 4.78 is 0. The van der Waals surface area contributed by atoms with Gasteiger partial charge >= 0.3 is 0 Å². The van der Waals surface area contributed by atoms with Crippen LogP contribution in [0.2, 0.25) is 0 Å². The molecule has 0 spiro atoms. The van der Waals surface area contributed by atoms with Crippen molar-refractivity contribution < 1.29 is 4.79 Å². The Bertz CT molecular complexity index is 486. The highest BCUT2D eigenvalue weighted by atomic mass is 16.1. The highest BCUT2D eigenvalue weighted by Gasteiger charge is 2.28. The maximum atomic E-state index is 12.6. The molecule has 0 N–H and O–H groups in total. The van der Waals surface area contributed by atoms with Crippen molar-refractivity contribution in [3.05, 3.63) is 47.7 Å². The lowest BCUT2D eigenvalue weighted by Gasteiger charge is -2.18. The molecule has 0 saturated heterocycles. The number of hydrogen-bond donors (Lipinski definition) is 0. The van der Waals surface area contributed by atoms with E-state index in [4.69, 9.17) is 0 Å². The van der Waals surface area contributed by atoms with Gasteiger partial charge in [0.25, 0.3) is 0 Å². The van der Waals surface area contributed by atoms with Gasteiger partial charge in [0.15, 0.2) is 0 Å². The third-order valence-electron chi connectivity index (χ3n) is 3.91. The molecule has 1 atom stereocenters. The first-order valence-electron chi connectivity index (χ1n) is 8.34.